The van der Waals surface area contributed by atoms with Gasteiger partial charge >= 0.3 is 0 Å². The molecule has 3 N–H and O–H groups in total. The molecule has 1 aromatic carbocycles. The van der Waals surface area contributed by atoms with E-state index in [1.807, 2.05) is 0 Å². The molecule has 0 saturated carbocycles. The lowest BCUT2D eigenvalue weighted by molar-refractivity contribution is 0.215. The van der Waals surface area contributed by atoms with Crippen molar-refractivity contribution in [3.05, 3.63) is 59.5 Å². The number of pyridine rings is 1. The fourth-order valence-electron chi connectivity index (χ4n) is 1.53. The van der Waals surface area contributed by atoms with Gasteiger partial charge in [0.15, 0.2) is 0 Å². The average Bonchev–Trinajstić information content (AvgIpc) is 2.29. The SMILES string of the molecule is Nc1ncccc1C(O)c1ccccc1F. The summed E-state index contributed by atoms with van der Waals surface area (Å²) in [6.07, 6.45) is 0.433. The average molecular weight is 218 g/mol. The lowest BCUT2D eigenvalue weighted by atomic mass is 10.0. The monoisotopic (exact) mass is 218 g/mol. The van der Waals surface area contributed by atoms with Crippen LogP contribution < -0.4 is 5.73 Å². The topological polar surface area (TPSA) is 59.1 Å². The van der Waals surface area contributed by atoms with Crippen LogP contribution in [0.2, 0.25) is 0 Å². The summed E-state index contributed by atoms with van der Waals surface area (Å²) in [4.78, 5) is 3.85. The number of hydrogen-bond donors (Lipinski definition) is 2. The first-order chi connectivity index (χ1) is 7.70. The second kappa shape index (κ2) is 4.28. The molecule has 82 valence electrons. The van der Waals surface area contributed by atoms with E-state index in [1.54, 1.807) is 24.3 Å². The van der Waals surface area contributed by atoms with E-state index in [2.05, 4.69) is 4.98 Å². The largest absolute Gasteiger partial charge is 0.383 e. The fourth-order valence-corrected chi connectivity index (χ4v) is 1.53. The molecule has 16 heavy (non-hydrogen) atoms. The van der Waals surface area contributed by atoms with Gasteiger partial charge in [0, 0.05) is 17.3 Å². The smallest absolute Gasteiger partial charge is 0.129 e. The molecular formula is C12H11FN2O. The molecule has 0 bridgehead atoms. The number of anilines is 1. The van der Waals surface area contributed by atoms with Gasteiger partial charge in [-0.05, 0) is 12.1 Å². The van der Waals surface area contributed by atoms with E-state index >= 15 is 0 Å². The summed E-state index contributed by atoms with van der Waals surface area (Å²) < 4.78 is 13.4. The molecule has 0 aliphatic heterocycles. The van der Waals surface area contributed by atoms with Crippen molar-refractivity contribution in [1.29, 1.82) is 0 Å². The van der Waals surface area contributed by atoms with E-state index in [1.165, 1.54) is 18.3 Å². The number of aliphatic hydroxyl groups excluding tert-OH is 1. The van der Waals surface area contributed by atoms with Crippen LogP contribution in [0.5, 0.6) is 0 Å². The minimum atomic E-state index is -1.09. The molecular weight excluding hydrogens is 207 g/mol. The number of benzene rings is 1. The molecule has 0 amide bonds. The maximum absolute atomic E-state index is 13.4. The number of nitrogen functional groups attached to an aromatic ring is 1. The molecule has 0 saturated heterocycles. The summed E-state index contributed by atoms with van der Waals surface area (Å²) in [5, 5.41) is 9.99. The van der Waals surface area contributed by atoms with Crippen molar-refractivity contribution in [3.8, 4) is 0 Å². The molecule has 0 aliphatic rings. The fraction of sp³-hybridized carbons (Fsp3) is 0.0833. The molecule has 3 nitrogen and oxygen atoms in total. The van der Waals surface area contributed by atoms with Crippen LogP contribution in [-0.2, 0) is 0 Å². The van der Waals surface area contributed by atoms with Gasteiger partial charge in [0.2, 0.25) is 0 Å². The van der Waals surface area contributed by atoms with E-state index in [4.69, 9.17) is 5.73 Å². The number of nitrogens with zero attached hydrogens (tertiary/aromatic N) is 1. The predicted molar refractivity (Wildman–Crippen MR) is 59.1 cm³/mol. The summed E-state index contributed by atoms with van der Waals surface area (Å²) in [6, 6.07) is 9.32. The number of hydrogen-bond acceptors (Lipinski definition) is 3. The summed E-state index contributed by atoms with van der Waals surface area (Å²) in [7, 11) is 0. The van der Waals surface area contributed by atoms with Crippen LogP contribution in [0.1, 0.15) is 17.2 Å². The number of rotatable bonds is 2. The lowest BCUT2D eigenvalue weighted by Gasteiger charge is -2.13. The first-order valence-electron chi connectivity index (χ1n) is 4.83. The number of aliphatic hydroxyl groups is 1. The molecule has 2 aromatic rings. The van der Waals surface area contributed by atoms with E-state index in [9.17, 15) is 9.50 Å². The summed E-state index contributed by atoms with van der Waals surface area (Å²) in [5.41, 5.74) is 6.22. The highest BCUT2D eigenvalue weighted by Crippen LogP contribution is 2.26. The van der Waals surface area contributed by atoms with Crippen LogP contribution in [0.3, 0.4) is 0 Å². The van der Waals surface area contributed by atoms with Gasteiger partial charge < -0.3 is 10.8 Å². The van der Waals surface area contributed by atoms with Crippen LogP contribution in [-0.4, -0.2) is 10.1 Å². The van der Waals surface area contributed by atoms with E-state index in [-0.39, 0.29) is 11.4 Å². The van der Waals surface area contributed by atoms with Crippen LogP contribution in [0.15, 0.2) is 42.6 Å². The Morgan fingerprint density at radius 2 is 1.81 bits per heavy atom. The van der Waals surface area contributed by atoms with Gasteiger partial charge in [-0.25, -0.2) is 9.37 Å². The molecule has 4 heteroatoms. The van der Waals surface area contributed by atoms with Gasteiger partial charge in [-0.1, -0.05) is 24.3 Å². The number of halogens is 1. The maximum Gasteiger partial charge on any atom is 0.129 e. The highest BCUT2D eigenvalue weighted by Gasteiger charge is 2.16. The molecule has 1 atom stereocenters. The van der Waals surface area contributed by atoms with E-state index in [0.29, 0.717) is 5.56 Å². The van der Waals surface area contributed by atoms with E-state index in [0.717, 1.165) is 0 Å². The van der Waals surface area contributed by atoms with E-state index < -0.39 is 11.9 Å². The Balaban J connectivity index is 2.44. The Hall–Kier alpha value is -1.94. The molecule has 1 unspecified atom stereocenters. The van der Waals surface area contributed by atoms with Crippen LogP contribution in [0, 0.1) is 5.82 Å². The second-order valence-electron chi connectivity index (χ2n) is 3.40. The van der Waals surface area contributed by atoms with Crippen molar-refractivity contribution in [3.63, 3.8) is 0 Å². The molecule has 0 aliphatic carbocycles. The van der Waals surface area contributed by atoms with Crippen molar-refractivity contribution in [2.75, 3.05) is 5.73 Å². The van der Waals surface area contributed by atoms with Gasteiger partial charge in [0.25, 0.3) is 0 Å². The Bertz CT molecular complexity index is 456. The lowest BCUT2D eigenvalue weighted by Crippen LogP contribution is -2.06. The summed E-state index contributed by atoms with van der Waals surface area (Å²) in [6.45, 7) is 0. The van der Waals surface area contributed by atoms with Crippen LogP contribution in [0.25, 0.3) is 0 Å². The predicted octanol–water partition coefficient (Wildman–Crippen LogP) is 1.88. The molecule has 0 fully saturated rings. The minimum Gasteiger partial charge on any atom is -0.383 e. The Morgan fingerprint density at radius 1 is 1.12 bits per heavy atom. The zero-order valence-electron chi connectivity index (χ0n) is 8.47. The first-order valence-corrected chi connectivity index (χ1v) is 4.83. The molecule has 1 aromatic heterocycles. The first kappa shape index (κ1) is 10.6. The number of aromatic nitrogens is 1. The maximum atomic E-state index is 13.4. The van der Waals surface area contributed by atoms with Crippen molar-refractivity contribution < 1.29 is 9.50 Å². The van der Waals surface area contributed by atoms with Gasteiger partial charge in [0.05, 0.1) is 0 Å². The van der Waals surface area contributed by atoms with Gasteiger partial charge in [-0.3, -0.25) is 0 Å². The highest BCUT2D eigenvalue weighted by atomic mass is 19.1. The molecule has 0 spiro atoms. The van der Waals surface area contributed by atoms with Crippen molar-refractivity contribution >= 4 is 5.82 Å². The van der Waals surface area contributed by atoms with Crippen LogP contribution >= 0.6 is 0 Å². The highest BCUT2D eigenvalue weighted by molar-refractivity contribution is 5.44. The third kappa shape index (κ3) is 1.87. The van der Waals surface area contributed by atoms with Crippen LogP contribution in [0.4, 0.5) is 10.2 Å². The van der Waals surface area contributed by atoms with Gasteiger partial charge in [-0.15, -0.1) is 0 Å². The Kier molecular flexibility index (Phi) is 2.83. The van der Waals surface area contributed by atoms with Gasteiger partial charge in [0.1, 0.15) is 17.7 Å². The third-order valence-corrected chi connectivity index (χ3v) is 2.37. The Morgan fingerprint density at radius 3 is 2.50 bits per heavy atom. The molecule has 0 radical (unpaired) electrons. The van der Waals surface area contributed by atoms with Gasteiger partial charge in [-0.2, -0.15) is 0 Å². The zero-order chi connectivity index (χ0) is 11.5. The van der Waals surface area contributed by atoms with Crippen molar-refractivity contribution in [1.82, 2.24) is 4.98 Å². The molecule has 1 heterocycles. The second-order valence-corrected chi connectivity index (χ2v) is 3.40. The third-order valence-electron chi connectivity index (χ3n) is 2.37. The summed E-state index contributed by atoms with van der Waals surface area (Å²) in [5.74, 6) is -0.253. The normalized spacial score (nSPS) is 12.4. The molecule has 2 rings (SSSR count). The Labute approximate surface area is 92.4 Å². The number of nitrogens with two attached hydrogens (primary N) is 1. The zero-order valence-corrected chi connectivity index (χ0v) is 8.47. The quantitative estimate of drug-likeness (QED) is 0.809. The minimum absolute atomic E-state index is 0.196. The van der Waals surface area contributed by atoms with Crippen molar-refractivity contribution in [2.24, 2.45) is 0 Å². The van der Waals surface area contributed by atoms with Crippen molar-refractivity contribution in [2.45, 2.75) is 6.10 Å². The standard InChI is InChI=1S/C12H11FN2O/c13-10-6-2-1-4-8(10)11(16)9-5-3-7-15-12(9)14/h1-7,11,16H,(H2,14,15). The summed E-state index contributed by atoms with van der Waals surface area (Å²) >= 11 is 0.